The van der Waals surface area contributed by atoms with Crippen LogP contribution in [0.3, 0.4) is 0 Å². The Hall–Kier alpha value is -1.17. The van der Waals surface area contributed by atoms with Crippen LogP contribution in [0.4, 0.5) is 5.82 Å². The van der Waals surface area contributed by atoms with Crippen molar-refractivity contribution in [3.05, 3.63) is 17.1 Å². The first-order valence-electron chi connectivity index (χ1n) is 5.01. The summed E-state index contributed by atoms with van der Waals surface area (Å²) in [5.41, 5.74) is 7.43. The van der Waals surface area contributed by atoms with E-state index in [0.717, 1.165) is 17.5 Å². The molecule has 6 heteroatoms. The smallest absolute Gasteiger partial charge is 0.154 e. The molecule has 0 amide bonds. The molecular weight excluding hydrogens is 226 g/mol. The standard InChI is InChI=1S/C10H17N3O2S/c1-6(2)9-7(3)12-8(13-10(9)11)5-16(4,14)15/h6H,5H2,1-4H3,(H2,11,12,13). The molecule has 0 fully saturated rings. The van der Waals surface area contributed by atoms with Gasteiger partial charge in [0.2, 0.25) is 0 Å². The van der Waals surface area contributed by atoms with E-state index < -0.39 is 9.84 Å². The second-order valence-electron chi connectivity index (χ2n) is 4.25. The SMILES string of the molecule is Cc1nc(CS(C)(=O)=O)nc(N)c1C(C)C. The third-order valence-electron chi connectivity index (χ3n) is 2.18. The van der Waals surface area contributed by atoms with E-state index in [1.807, 2.05) is 20.8 Å². The second kappa shape index (κ2) is 4.37. The minimum atomic E-state index is -3.12. The van der Waals surface area contributed by atoms with Crippen LogP contribution in [0.5, 0.6) is 0 Å². The van der Waals surface area contributed by atoms with E-state index >= 15 is 0 Å². The van der Waals surface area contributed by atoms with E-state index in [0.29, 0.717) is 5.82 Å². The molecule has 0 spiro atoms. The lowest BCUT2D eigenvalue weighted by molar-refractivity contribution is 0.599. The third kappa shape index (κ3) is 3.16. The van der Waals surface area contributed by atoms with Gasteiger partial charge in [-0.05, 0) is 12.8 Å². The number of nitrogens with zero attached hydrogens (tertiary/aromatic N) is 2. The van der Waals surface area contributed by atoms with Crippen molar-refractivity contribution in [3.8, 4) is 0 Å². The van der Waals surface area contributed by atoms with Crippen LogP contribution in [0.1, 0.15) is 36.8 Å². The van der Waals surface area contributed by atoms with Crippen LogP contribution in [0.2, 0.25) is 0 Å². The lowest BCUT2D eigenvalue weighted by Gasteiger charge is -2.12. The second-order valence-corrected chi connectivity index (χ2v) is 6.39. The van der Waals surface area contributed by atoms with E-state index in [-0.39, 0.29) is 17.5 Å². The molecule has 0 aliphatic rings. The lowest BCUT2D eigenvalue weighted by Crippen LogP contribution is -2.11. The van der Waals surface area contributed by atoms with Crippen molar-refractivity contribution in [2.24, 2.45) is 0 Å². The van der Waals surface area contributed by atoms with Gasteiger partial charge >= 0.3 is 0 Å². The molecule has 0 aliphatic carbocycles. The number of aromatic nitrogens is 2. The molecule has 16 heavy (non-hydrogen) atoms. The Bertz CT molecular complexity index is 472. The van der Waals surface area contributed by atoms with Crippen LogP contribution in [-0.4, -0.2) is 24.6 Å². The van der Waals surface area contributed by atoms with Gasteiger partial charge in [-0.1, -0.05) is 13.8 Å². The summed E-state index contributed by atoms with van der Waals surface area (Å²) in [4.78, 5) is 8.20. The molecule has 0 saturated carbocycles. The van der Waals surface area contributed by atoms with E-state index in [4.69, 9.17) is 5.73 Å². The maximum atomic E-state index is 11.1. The Balaban J connectivity index is 3.20. The van der Waals surface area contributed by atoms with E-state index in [9.17, 15) is 8.42 Å². The van der Waals surface area contributed by atoms with E-state index in [1.54, 1.807) is 0 Å². The number of hydrogen-bond acceptors (Lipinski definition) is 5. The number of rotatable bonds is 3. The Morgan fingerprint density at radius 2 is 1.88 bits per heavy atom. The predicted octanol–water partition coefficient (Wildman–Crippen LogP) is 1.04. The fourth-order valence-corrected chi connectivity index (χ4v) is 2.27. The van der Waals surface area contributed by atoms with Gasteiger partial charge in [-0.25, -0.2) is 18.4 Å². The first-order valence-corrected chi connectivity index (χ1v) is 7.07. The molecule has 1 heterocycles. The van der Waals surface area contributed by atoms with Gasteiger partial charge in [0, 0.05) is 17.5 Å². The maximum Gasteiger partial charge on any atom is 0.154 e. The molecule has 1 rings (SSSR count). The molecule has 0 atom stereocenters. The van der Waals surface area contributed by atoms with Crippen molar-refractivity contribution < 1.29 is 8.42 Å². The van der Waals surface area contributed by atoms with Crippen molar-refractivity contribution in [2.45, 2.75) is 32.4 Å². The Morgan fingerprint density at radius 3 is 2.25 bits per heavy atom. The van der Waals surface area contributed by atoms with Crippen LogP contribution in [0.15, 0.2) is 0 Å². The molecule has 2 N–H and O–H groups in total. The molecule has 0 saturated heterocycles. The van der Waals surface area contributed by atoms with Gasteiger partial charge in [0.1, 0.15) is 17.4 Å². The molecule has 0 unspecified atom stereocenters. The Labute approximate surface area is 96.0 Å². The number of nitrogens with two attached hydrogens (primary N) is 1. The number of aryl methyl sites for hydroxylation is 1. The minimum absolute atomic E-state index is 0.170. The van der Waals surface area contributed by atoms with Gasteiger partial charge in [-0.3, -0.25) is 0 Å². The highest BCUT2D eigenvalue weighted by molar-refractivity contribution is 7.89. The van der Waals surface area contributed by atoms with Crippen molar-refractivity contribution in [2.75, 3.05) is 12.0 Å². The highest BCUT2D eigenvalue weighted by Gasteiger charge is 2.14. The Morgan fingerprint density at radius 1 is 1.31 bits per heavy atom. The molecule has 1 aromatic rings. The topological polar surface area (TPSA) is 85.9 Å². The largest absolute Gasteiger partial charge is 0.383 e. The van der Waals surface area contributed by atoms with E-state index in [1.165, 1.54) is 0 Å². The summed E-state index contributed by atoms with van der Waals surface area (Å²) in [6.07, 6.45) is 1.15. The van der Waals surface area contributed by atoms with Crippen molar-refractivity contribution in [1.29, 1.82) is 0 Å². The molecule has 0 radical (unpaired) electrons. The van der Waals surface area contributed by atoms with Gasteiger partial charge in [0.15, 0.2) is 9.84 Å². The van der Waals surface area contributed by atoms with Crippen LogP contribution in [-0.2, 0) is 15.6 Å². The first-order chi connectivity index (χ1) is 7.20. The minimum Gasteiger partial charge on any atom is -0.383 e. The molecule has 0 aliphatic heterocycles. The zero-order valence-corrected chi connectivity index (χ0v) is 10.8. The fraction of sp³-hybridized carbons (Fsp3) is 0.600. The molecule has 0 aromatic carbocycles. The third-order valence-corrected chi connectivity index (χ3v) is 2.96. The molecular formula is C10H17N3O2S. The van der Waals surface area contributed by atoms with Crippen molar-refractivity contribution in [3.63, 3.8) is 0 Å². The maximum absolute atomic E-state index is 11.1. The molecule has 1 aromatic heterocycles. The monoisotopic (exact) mass is 243 g/mol. The highest BCUT2D eigenvalue weighted by atomic mass is 32.2. The summed E-state index contributed by atoms with van der Waals surface area (Å²) in [7, 11) is -3.12. The zero-order chi connectivity index (χ0) is 12.5. The quantitative estimate of drug-likeness (QED) is 0.857. The molecule has 90 valence electrons. The Kier molecular flexibility index (Phi) is 3.52. The zero-order valence-electron chi connectivity index (χ0n) is 9.98. The van der Waals surface area contributed by atoms with Crippen LogP contribution < -0.4 is 5.73 Å². The average Bonchev–Trinajstić information content (AvgIpc) is 1.96. The summed E-state index contributed by atoms with van der Waals surface area (Å²) in [6.45, 7) is 5.82. The van der Waals surface area contributed by atoms with Gasteiger partial charge in [-0.15, -0.1) is 0 Å². The summed E-state index contributed by atoms with van der Waals surface area (Å²) in [5.74, 6) is 0.700. The van der Waals surface area contributed by atoms with Crippen LogP contribution in [0.25, 0.3) is 0 Å². The average molecular weight is 243 g/mol. The van der Waals surface area contributed by atoms with E-state index in [2.05, 4.69) is 9.97 Å². The predicted molar refractivity (Wildman–Crippen MR) is 63.8 cm³/mol. The first kappa shape index (κ1) is 12.9. The van der Waals surface area contributed by atoms with Gasteiger partial charge in [0.25, 0.3) is 0 Å². The van der Waals surface area contributed by atoms with Gasteiger partial charge in [0.05, 0.1) is 0 Å². The number of hydrogen-bond donors (Lipinski definition) is 1. The molecule has 0 bridgehead atoms. The van der Waals surface area contributed by atoms with Crippen LogP contribution in [0, 0.1) is 6.92 Å². The number of nitrogen functional groups attached to an aromatic ring is 1. The van der Waals surface area contributed by atoms with Crippen molar-refractivity contribution >= 4 is 15.7 Å². The molecule has 5 nitrogen and oxygen atoms in total. The summed E-state index contributed by atoms with van der Waals surface area (Å²) in [6, 6.07) is 0. The number of anilines is 1. The summed E-state index contributed by atoms with van der Waals surface area (Å²) < 4.78 is 22.2. The van der Waals surface area contributed by atoms with Gasteiger partial charge < -0.3 is 5.73 Å². The fourth-order valence-electron chi connectivity index (χ4n) is 1.68. The normalized spacial score (nSPS) is 12.1. The van der Waals surface area contributed by atoms with Gasteiger partial charge in [-0.2, -0.15) is 0 Å². The number of sulfone groups is 1. The summed E-state index contributed by atoms with van der Waals surface area (Å²) >= 11 is 0. The highest BCUT2D eigenvalue weighted by Crippen LogP contribution is 2.23. The lowest BCUT2D eigenvalue weighted by atomic mass is 10.0. The van der Waals surface area contributed by atoms with Crippen molar-refractivity contribution in [1.82, 2.24) is 9.97 Å². The van der Waals surface area contributed by atoms with Crippen LogP contribution >= 0.6 is 0 Å². The summed E-state index contributed by atoms with van der Waals surface area (Å²) in [5, 5.41) is 0.